The van der Waals surface area contributed by atoms with Crippen LogP contribution in [0.25, 0.3) is 0 Å². The first-order valence-electron chi connectivity index (χ1n) is 3.81. The van der Waals surface area contributed by atoms with E-state index in [4.69, 9.17) is 21.7 Å². The highest BCUT2D eigenvalue weighted by Gasteiger charge is 2.29. The van der Waals surface area contributed by atoms with Gasteiger partial charge in [0.15, 0.2) is 5.78 Å². The highest BCUT2D eigenvalue weighted by atomic mass is 16.4. The maximum absolute atomic E-state index is 9.86. The summed E-state index contributed by atoms with van der Waals surface area (Å²) in [5.74, 6) is -0.981. The average Bonchev–Trinajstić information content (AvgIpc) is 2.64. The third kappa shape index (κ3) is 5.29. The molecule has 0 aromatic carbocycles. The van der Waals surface area contributed by atoms with E-state index in [9.17, 15) is 9.59 Å². The van der Waals surface area contributed by atoms with Crippen LogP contribution in [0.1, 0.15) is 13.3 Å². The van der Waals surface area contributed by atoms with Crippen molar-refractivity contribution in [3.8, 4) is 0 Å². The van der Waals surface area contributed by atoms with E-state index in [1.54, 1.807) is 0 Å². The molecule has 0 aromatic heterocycles. The van der Waals surface area contributed by atoms with E-state index in [0.29, 0.717) is 6.42 Å². The molecule has 1 rings (SSSR count). The van der Waals surface area contributed by atoms with Gasteiger partial charge in [-0.15, -0.1) is 0 Å². The Labute approximate surface area is 75.5 Å². The summed E-state index contributed by atoms with van der Waals surface area (Å²) in [6, 6.07) is -1.25. The van der Waals surface area contributed by atoms with Crippen LogP contribution in [0, 0.1) is 0 Å². The van der Waals surface area contributed by atoms with Crippen LogP contribution in [0.4, 0.5) is 0 Å². The number of aliphatic carboxylic acids is 1. The zero-order chi connectivity index (χ0) is 10.6. The average molecular weight is 190 g/mol. The Balaban J connectivity index is 0.000000243. The predicted octanol–water partition coefficient (Wildman–Crippen LogP) is -1.93. The highest BCUT2D eigenvalue weighted by Crippen LogP contribution is 2.07. The number of aliphatic hydroxyl groups is 1. The van der Waals surface area contributed by atoms with Crippen molar-refractivity contribution in [2.75, 3.05) is 0 Å². The molecular weight excluding hydrogens is 176 g/mol. The molecule has 6 nitrogen and oxygen atoms in total. The molecule has 1 saturated carbocycles. The number of carboxylic acids is 1. The number of carbonyl (C=O) groups is 2. The molecule has 0 aromatic rings. The van der Waals surface area contributed by atoms with Gasteiger partial charge in [-0.2, -0.15) is 0 Å². The molecule has 0 aliphatic heterocycles. The van der Waals surface area contributed by atoms with Gasteiger partial charge in [0, 0.05) is 6.42 Å². The van der Waals surface area contributed by atoms with Crippen LogP contribution in [0.2, 0.25) is 0 Å². The van der Waals surface area contributed by atoms with E-state index < -0.39 is 18.1 Å². The lowest BCUT2D eigenvalue weighted by Gasteiger charge is -2.06. The number of carbonyl (C=O) groups excluding carboxylic acids is 1. The number of hydrogen-bond acceptors (Lipinski definition) is 5. The van der Waals surface area contributed by atoms with Crippen molar-refractivity contribution in [2.45, 2.75) is 31.5 Å². The quantitative estimate of drug-likeness (QED) is 0.401. The predicted molar refractivity (Wildman–Crippen MR) is 44.9 cm³/mol. The third-order valence-electron chi connectivity index (χ3n) is 1.48. The molecule has 0 amide bonds. The summed E-state index contributed by atoms with van der Waals surface area (Å²) in [6.45, 7) is 1.33. The topological polar surface area (TPSA) is 127 Å². The molecule has 13 heavy (non-hydrogen) atoms. The standard InChI is InChI=1S/C4H9NO3.C3H5NO/c1-2(6)3(5)4(7)8;4-2-1-3(2)5/h2-3,6H,5H2,1H3,(H,7,8);2H,1,4H2/t2-,3+;/m1./s1. The lowest BCUT2D eigenvalue weighted by Crippen LogP contribution is -2.39. The summed E-state index contributed by atoms with van der Waals surface area (Å²) in [5.41, 5.74) is 9.93. The molecule has 0 saturated heterocycles. The molecule has 6 N–H and O–H groups in total. The van der Waals surface area contributed by atoms with Crippen LogP contribution in [0.5, 0.6) is 0 Å². The molecule has 76 valence electrons. The monoisotopic (exact) mass is 190 g/mol. The van der Waals surface area contributed by atoms with Crippen molar-refractivity contribution in [1.29, 1.82) is 0 Å². The smallest absolute Gasteiger partial charge is 0.323 e. The highest BCUT2D eigenvalue weighted by molar-refractivity contribution is 5.99. The fourth-order valence-electron chi connectivity index (χ4n) is 0.364. The van der Waals surface area contributed by atoms with Gasteiger partial charge in [-0.1, -0.05) is 0 Å². The summed E-state index contributed by atoms with van der Waals surface area (Å²) < 4.78 is 0. The Morgan fingerprint density at radius 3 is 2.00 bits per heavy atom. The van der Waals surface area contributed by atoms with Gasteiger partial charge in [-0.25, -0.2) is 0 Å². The second kappa shape index (κ2) is 4.90. The minimum atomic E-state index is -1.18. The zero-order valence-electron chi connectivity index (χ0n) is 7.30. The fourth-order valence-corrected chi connectivity index (χ4v) is 0.364. The second-order valence-corrected chi connectivity index (χ2v) is 2.88. The number of Topliss-reactive ketones (excluding diaryl/α,β-unsaturated/α-hetero) is 1. The maximum Gasteiger partial charge on any atom is 0.323 e. The number of aliphatic hydroxyl groups excluding tert-OH is 1. The second-order valence-electron chi connectivity index (χ2n) is 2.88. The van der Waals surface area contributed by atoms with Gasteiger partial charge in [0.1, 0.15) is 6.04 Å². The molecule has 1 aliphatic rings. The van der Waals surface area contributed by atoms with E-state index >= 15 is 0 Å². The van der Waals surface area contributed by atoms with Gasteiger partial charge in [-0.05, 0) is 6.92 Å². The van der Waals surface area contributed by atoms with Gasteiger partial charge in [0.05, 0.1) is 12.1 Å². The first kappa shape index (κ1) is 12.0. The van der Waals surface area contributed by atoms with E-state index in [0.717, 1.165) is 0 Å². The van der Waals surface area contributed by atoms with E-state index in [2.05, 4.69) is 0 Å². The van der Waals surface area contributed by atoms with E-state index in [1.807, 2.05) is 0 Å². The first-order valence-corrected chi connectivity index (χ1v) is 3.81. The van der Waals surface area contributed by atoms with Crippen LogP contribution >= 0.6 is 0 Å². The van der Waals surface area contributed by atoms with Gasteiger partial charge >= 0.3 is 5.97 Å². The van der Waals surface area contributed by atoms with E-state index in [-0.39, 0.29) is 11.8 Å². The minimum absolute atomic E-state index is 0.0880. The van der Waals surface area contributed by atoms with Crippen LogP contribution in [0.15, 0.2) is 0 Å². The Morgan fingerprint density at radius 2 is 2.00 bits per heavy atom. The molecule has 0 radical (unpaired) electrons. The lowest BCUT2D eigenvalue weighted by atomic mass is 10.2. The molecule has 0 spiro atoms. The van der Waals surface area contributed by atoms with Crippen molar-refractivity contribution in [3.63, 3.8) is 0 Å². The summed E-state index contributed by atoms with van der Waals surface area (Å²) in [6.07, 6.45) is -0.368. The molecule has 1 unspecified atom stereocenters. The molecular formula is C7H14N2O4. The number of carboxylic acid groups (broad SMARTS) is 1. The largest absolute Gasteiger partial charge is 0.480 e. The lowest BCUT2D eigenvalue weighted by molar-refractivity contribution is -0.140. The Kier molecular flexibility index (Phi) is 4.53. The Morgan fingerprint density at radius 1 is 1.69 bits per heavy atom. The normalized spacial score (nSPS) is 24.0. The van der Waals surface area contributed by atoms with Crippen molar-refractivity contribution in [3.05, 3.63) is 0 Å². The van der Waals surface area contributed by atoms with Crippen LogP contribution in [0.3, 0.4) is 0 Å². The molecule has 6 heteroatoms. The Hall–Kier alpha value is -0.980. The molecule has 0 bridgehead atoms. The SMILES string of the molecule is C[C@@H](O)[C@H](N)C(=O)O.NC1CC1=O. The number of hydrogen-bond donors (Lipinski definition) is 4. The van der Waals surface area contributed by atoms with Gasteiger partial charge in [0.2, 0.25) is 0 Å². The van der Waals surface area contributed by atoms with Gasteiger partial charge in [0.25, 0.3) is 0 Å². The number of nitrogens with two attached hydrogens (primary N) is 2. The number of ketones is 1. The summed E-state index contributed by atoms with van der Waals surface area (Å²) in [7, 11) is 0. The molecule has 3 atom stereocenters. The Bertz CT molecular complexity index is 205. The summed E-state index contributed by atoms with van der Waals surface area (Å²) in [4.78, 5) is 19.6. The molecule has 1 aliphatic carbocycles. The zero-order valence-corrected chi connectivity index (χ0v) is 7.30. The van der Waals surface area contributed by atoms with Crippen LogP contribution < -0.4 is 11.5 Å². The minimum Gasteiger partial charge on any atom is -0.480 e. The van der Waals surface area contributed by atoms with Crippen molar-refractivity contribution in [2.24, 2.45) is 11.5 Å². The third-order valence-corrected chi connectivity index (χ3v) is 1.48. The summed E-state index contributed by atoms with van der Waals surface area (Å²) in [5, 5.41) is 16.6. The van der Waals surface area contributed by atoms with Crippen molar-refractivity contribution >= 4 is 11.8 Å². The first-order chi connectivity index (χ1) is 5.86. The maximum atomic E-state index is 9.86. The van der Waals surface area contributed by atoms with Gasteiger partial charge in [-0.3, -0.25) is 9.59 Å². The number of rotatable bonds is 2. The van der Waals surface area contributed by atoms with Crippen molar-refractivity contribution in [1.82, 2.24) is 0 Å². The summed E-state index contributed by atoms with van der Waals surface area (Å²) >= 11 is 0. The molecule has 1 fully saturated rings. The van der Waals surface area contributed by atoms with E-state index in [1.165, 1.54) is 6.92 Å². The molecule has 0 heterocycles. The van der Waals surface area contributed by atoms with Crippen LogP contribution in [-0.4, -0.2) is 40.2 Å². The fraction of sp³-hybridized carbons (Fsp3) is 0.714. The van der Waals surface area contributed by atoms with Crippen LogP contribution in [-0.2, 0) is 9.59 Å². The van der Waals surface area contributed by atoms with Crippen molar-refractivity contribution < 1.29 is 19.8 Å². The van der Waals surface area contributed by atoms with Gasteiger partial charge < -0.3 is 21.7 Å².